The molecule has 0 bridgehead atoms. The maximum atomic E-state index is 12.4. The summed E-state index contributed by atoms with van der Waals surface area (Å²) in [6.07, 6.45) is 7.73. The van der Waals surface area contributed by atoms with Gasteiger partial charge in [0.1, 0.15) is 11.5 Å². The van der Waals surface area contributed by atoms with Crippen molar-refractivity contribution in [3.63, 3.8) is 0 Å². The number of hydrogen-bond acceptors (Lipinski definition) is 5. The molecule has 1 aliphatic rings. The van der Waals surface area contributed by atoms with E-state index in [1.165, 1.54) is 32.1 Å². The normalized spacial score (nSPS) is 15.8. The molecule has 1 atom stereocenters. The highest BCUT2D eigenvalue weighted by molar-refractivity contribution is 7.99. The lowest BCUT2D eigenvalue weighted by atomic mass is 10.0. The van der Waals surface area contributed by atoms with Gasteiger partial charge in [-0.3, -0.25) is 9.00 Å². The molecule has 0 saturated heterocycles. The molecule has 1 N–H and O–H groups in total. The molecule has 7 heteroatoms. The average molecular weight is 449 g/mol. The van der Waals surface area contributed by atoms with E-state index < -0.39 is 10.8 Å². The molecule has 3 rings (SSSR count). The number of oxazole rings is 1. The first-order chi connectivity index (χ1) is 14.5. The summed E-state index contributed by atoms with van der Waals surface area (Å²) in [5.41, 5.74) is 2.68. The predicted molar refractivity (Wildman–Crippen MR) is 125 cm³/mol. The minimum absolute atomic E-state index is 0.00183. The Labute approximate surface area is 186 Å². The van der Waals surface area contributed by atoms with Gasteiger partial charge in [0.15, 0.2) is 0 Å². The molecule has 1 saturated carbocycles. The van der Waals surface area contributed by atoms with Crippen LogP contribution < -0.4 is 5.32 Å². The average Bonchev–Trinajstić information content (AvgIpc) is 3.08. The van der Waals surface area contributed by atoms with E-state index >= 15 is 0 Å². The van der Waals surface area contributed by atoms with Crippen molar-refractivity contribution in [1.29, 1.82) is 0 Å². The van der Waals surface area contributed by atoms with E-state index in [1.807, 2.05) is 49.9 Å². The number of carbonyl (C=O) groups excluding carboxylic acids is 1. The van der Waals surface area contributed by atoms with Crippen LogP contribution in [0.1, 0.15) is 55.5 Å². The Morgan fingerprint density at radius 2 is 2.07 bits per heavy atom. The van der Waals surface area contributed by atoms with Gasteiger partial charge in [0.05, 0.1) is 11.4 Å². The van der Waals surface area contributed by atoms with Crippen molar-refractivity contribution in [3.05, 3.63) is 41.3 Å². The van der Waals surface area contributed by atoms with Gasteiger partial charge in [-0.2, -0.15) is 11.8 Å². The second-order valence-electron chi connectivity index (χ2n) is 7.95. The van der Waals surface area contributed by atoms with Gasteiger partial charge in [-0.15, -0.1) is 0 Å². The molecule has 164 valence electrons. The minimum Gasteiger partial charge on any atom is -0.441 e. The highest BCUT2D eigenvalue weighted by atomic mass is 32.2. The molecule has 1 amide bonds. The molecule has 1 fully saturated rings. The monoisotopic (exact) mass is 448 g/mol. The Morgan fingerprint density at radius 3 is 2.83 bits per heavy atom. The lowest BCUT2D eigenvalue weighted by Gasteiger charge is -2.20. The maximum Gasteiger partial charge on any atom is 0.232 e. The summed E-state index contributed by atoms with van der Waals surface area (Å²) in [5.74, 6) is 2.33. The third-order valence-corrected chi connectivity index (χ3v) is 7.94. The largest absolute Gasteiger partial charge is 0.441 e. The third kappa shape index (κ3) is 7.27. The number of thioether (sulfide) groups is 1. The molecule has 1 aliphatic carbocycles. The molecule has 1 heterocycles. The summed E-state index contributed by atoms with van der Waals surface area (Å²) < 4.78 is 18.2. The fourth-order valence-corrected chi connectivity index (χ4v) is 6.03. The fourth-order valence-electron chi connectivity index (χ4n) is 3.65. The Bertz CT molecular complexity index is 860. The smallest absolute Gasteiger partial charge is 0.232 e. The maximum absolute atomic E-state index is 12.4. The van der Waals surface area contributed by atoms with Gasteiger partial charge < -0.3 is 9.73 Å². The number of carbonyl (C=O) groups is 1. The topological polar surface area (TPSA) is 72.2 Å². The first kappa shape index (κ1) is 23.1. The van der Waals surface area contributed by atoms with Gasteiger partial charge in [0.25, 0.3) is 0 Å². The Kier molecular flexibility index (Phi) is 9.00. The van der Waals surface area contributed by atoms with E-state index in [2.05, 4.69) is 10.3 Å². The van der Waals surface area contributed by atoms with E-state index in [0.29, 0.717) is 23.9 Å². The number of aromatic nitrogens is 1. The van der Waals surface area contributed by atoms with Gasteiger partial charge in [-0.1, -0.05) is 37.0 Å². The lowest BCUT2D eigenvalue weighted by Crippen LogP contribution is -2.30. The highest BCUT2D eigenvalue weighted by Crippen LogP contribution is 2.28. The van der Waals surface area contributed by atoms with Crippen LogP contribution in [0.15, 0.2) is 28.7 Å². The van der Waals surface area contributed by atoms with Crippen molar-refractivity contribution in [2.45, 2.75) is 63.4 Å². The zero-order valence-corrected chi connectivity index (χ0v) is 19.6. The van der Waals surface area contributed by atoms with Crippen molar-refractivity contribution in [2.24, 2.45) is 0 Å². The molecule has 1 aromatic heterocycles. The summed E-state index contributed by atoms with van der Waals surface area (Å²) in [7, 11) is -1.31. The molecule has 0 spiro atoms. The van der Waals surface area contributed by atoms with Gasteiger partial charge in [0.2, 0.25) is 11.8 Å². The fraction of sp³-hybridized carbons (Fsp3) is 0.565. The second-order valence-corrected chi connectivity index (χ2v) is 10.8. The predicted octanol–water partition coefficient (Wildman–Crippen LogP) is 4.78. The lowest BCUT2D eigenvalue weighted by molar-refractivity contribution is -0.118. The first-order valence-electron chi connectivity index (χ1n) is 10.8. The Morgan fingerprint density at radius 1 is 1.27 bits per heavy atom. The molecule has 1 aromatic carbocycles. The van der Waals surface area contributed by atoms with Crippen LogP contribution in [-0.2, 0) is 21.3 Å². The third-order valence-electron chi connectivity index (χ3n) is 5.30. The van der Waals surface area contributed by atoms with E-state index in [9.17, 15) is 9.00 Å². The highest BCUT2D eigenvalue weighted by Gasteiger charge is 2.16. The zero-order valence-electron chi connectivity index (χ0n) is 17.9. The number of aryl methyl sites for hydroxylation is 2. The van der Waals surface area contributed by atoms with Gasteiger partial charge in [-0.05, 0) is 51.0 Å². The van der Waals surface area contributed by atoms with Crippen LogP contribution in [0.3, 0.4) is 0 Å². The van der Waals surface area contributed by atoms with Crippen molar-refractivity contribution >= 4 is 28.5 Å². The van der Waals surface area contributed by atoms with E-state index in [1.54, 1.807) is 0 Å². The quantitative estimate of drug-likeness (QED) is 0.530. The minimum atomic E-state index is -1.31. The summed E-state index contributed by atoms with van der Waals surface area (Å²) in [4.78, 5) is 16.6. The Hall–Kier alpha value is -1.60. The van der Waals surface area contributed by atoms with Gasteiger partial charge >= 0.3 is 0 Å². The van der Waals surface area contributed by atoms with Crippen molar-refractivity contribution < 1.29 is 13.4 Å². The summed E-state index contributed by atoms with van der Waals surface area (Å²) in [6.45, 7) is 4.49. The zero-order chi connectivity index (χ0) is 21.3. The number of benzene rings is 1. The van der Waals surface area contributed by atoms with Crippen LogP contribution >= 0.6 is 11.8 Å². The van der Waals surface area contributed by atoms with E-state index in [4.69, 9.17) is 4.42 Å². The SMILES string of the molecule is Cc1cccc(-c2nc(C[S@](=O)CC(=O)NCCCSC3CCCCC3)c(C)o2)c1. The van der Waals surface area contributed by atoms with E-state index in [-0.39, 0.29) is 17.4 Å². The Balaban J connectivity index is 1.38. The number of amides is 1. The van der Waals surface area contributed by atoms with Crippen molar-refractivity contribution in [3.8, 4) is 11.5 Å². The molecule has 2 aromatic rings. The molecule has 30 heavy (non-hydrogen) atoms. The molecule has 0 unspecified atom stereocenters. The number of nitrogens with zero attached hydrogens (tertiary/aromatic N) is 1. The molecule has 0 radical (unpaired) electrons. The molecule has 5 nitrogen and oxygen atoms in total. The van der Waals surface area contributed by atoms with Crippen LogP contribution in [0.5, 0.6) is 0 Å². The molecular formula is C23H32N2O3S2. The summed E-state index contributed by atoms with van der Waals surface area (Å²) in [5, 5.41) is 3.70. The number of hydrogen-bond donors (Lipinski definition) is 1. The number of rotatable bonds is 10. The van der Waals surface area contributed by atoms with Crippen LogP contribution in [0.25, 0.3) is 11.5 Å². The second kappa shape index (κ2) is 11.7. The summed E-state index contributed by atoms with van der Waals surface area (Å²) in [6, 6.07) is 7.92. The standard InChI is InChI=1S/C23H32N2O3S2/c1-17-8-6-9-19(14-17)23-25-21(18(2)28-23)15-30(27)16-22(26)24-12-7-13-29-20-10-4-3-5-11-20/h6,8-9,14,20H,3-5,7,10-13,15-16H2,1-2H3,(H,24,26)/t30-/m0/s1. The van der Waals surface area contributed by atoms with Crippen LogP contribution in [0.2, 0.25) is 0 Å². The molecule has 0 aliphatic heterocycles. The van der Waals surface area contributed by atoms with E-state index in [0.717, 1.165) is 28.6 Å². The van der Waals surface area contributed by atoms with Crippen molar-refractivity contribution in [1.82, 2.24) is 10.3 Å². The van der Waals surface area contributed by atoms with Gasteiger partial charge in [0, 0.05) is 28.2 Å². The van der Waals surface area contributed by atoms with Crippen LogP contribution in [0.4, 0.5) is 0 Å². The summed E-state index contributed by atoms with van der Waals surface area (Å²) >= 11 is 2.04. The first-order valence-corrected chi connectivity index (χ1v) is 13.3. The molecular weight excluding hydrogens is 416 g/mol. The van der Waals surface area contributed by atoms with Crippen LogP contribution in [0, 0.1) is 13.8 Å². The van der Waals surface area contributed by atoms with Gasteiger partial charge in [-0.25, -0.2) is 4.98 Å². The van der Waals surface area contributed by atoms with Crippen molar-refractivity contribution in [2.75, 3.05) is 18.1 Å². The number of nitrogens with one attached hydrogen (secondary N) is 1. The van der Waals surface area contributed by atoms with Crippen LogP contribution in [-0.4, -0.2) is 38.4 Å².